The molecule has 0 aromatic heterocycles. The molecule has 529 valence electrons. The molecule has 0 saturated heterocycles. The average Bonchev–Trinajstić information content (AvgIpc) is 0.759. The molecule has 0 spiro atoms. The van der Waals surface area contributed by atoms with Crippen LogP contribution in [0.1, 0.15) is 84.9 Å². The molecule has 0 bridgehead atoms. The monoisotopic (exact) mass is 1830 g/mol. The molecule has 10 nitrogen and oxygen atoms in total. The summed E-state index contributed by atoms with van der Waals surface area (Å²) in [5, 5.41) is 24.8. The second-order valence-electron chi connectivity index (χ2n) is 20.1. The zero-order valence-electron chi connectivity index (χ0n) is 49.8. The van der Waals surface area contributed by atoms with E-state index in [9.17, 15) is 108 Å². The molecule has 0 aliphatic heterocycles. The number of alkyl halides is 18. The first kappa shape index (κ1) is 92.8. The number of aliphatic hydroxyl groups is 3. The van der Waals surface area contributed by atoms with Gasteiger partial charge in [0.1, 0.15) is 31.2 Å². The van der Waals surface area contributed by atoms with E-state index >= 15 is 0 Å². The van der Waals surface area contributed by atoms with E-state index in [1.807, 2.05) is 140 Å². The Morgan fingerprint density at radius 1 is 0.371 bits per heavy atom. The van der Waals surface area contributed by atoms with Gasteiger partial charge in [-0.2, -0.15) is 79.0 Å². The van der Waals surface area contributed by atoms with E-state index in [4.69, 9.17) is 20.1 Å². The van der Waals surface area contributed by atoms with Crippen LogP contribution in [-0.2, 0) is 18.9 Å². The first-order valence-corrected chi connectivity index (χ1v) is 29.5. The quantitative estimate of drug-likeness (QED) is 0.0352. The number of ether oxygens (including phenoxy) is 1. The van der Waals surface area contributed by atoms with Crippen molar-refractivity contribution in [3.63, 3.8) is 0 Å². The molecule has 6 aromatic carbocycles. The van der Waals surface area contributed by atoms with E-state index in [0.29, 0.717) is 22.4 Å². The summed E-state index contributed by atoms with van der Waals surface area (Å²) in [6.07, 6.45) is -21.4. The van der Waals surface area contributed by atoms with Gasteiger partial charge in [0.05, 0.1) is 5.30 Å². The van der Waals surface area contributed by atoms with Crippen LogP contribution in [-0.4, -0.2) is 93.6 Å². The Bertz CT molecular complexity index is 3380. The predicted octanol–water partition coefficient (Wildman–Crippen LogP) is 19.8. The number of hydrogen-bond donors (Lipinski definition) is 3. The molecule has 0 amide bonds. The fourth-order valence-corrected chi connectivity index (χ4v) is 13.2. The molecule has 2 aliphatic rings. The summed E-state index contributed by atoms with van der Waals surface area (Å²) in [6, 6.07) is 53.4. The Morgan fingerprint density at radius 2 is 0.680 bits per heavy atom. The third kappa shape index (κ3) is 33.4. The van der Waals surface area contributed by atoms with E-state index in [-0.39, 0.29) is 148 Å². The van der Waals surface area contributed by atoms with Gasteiger partial charge in [0.15, 0.2) is 0 Å². The second-order valence-corrected chi connectivity index (χ2v) is 23.4. The average molecular weight is 1830 g/mol. The fraction of sp³-hybridized carbons (Fsp3) is 0.277. The van der Waals surface area contributed by atoms with Crippen molar-refractivity contribution in [2.45, 2.75) is 113 Å². The van der Waals surface area contributed by atoms with Crippen LogP contribution in [0.2, 0.25) is 0 Å². The smallest absolute Gasteiger partial charge is 0.454 e. The Hall–Kier alpha value is -4.19. The number of aliphatic hydroxyl groups excluding tert-OH is 3. The van der Waals surface area contributed by atoms with Gasteiger partial charge in [0, 0.05) is 189 Å². The number of rotatable bonds is 12. The standard InChI is InChI=1S/C24H31O2P.2C13H10O.3C5H2F6O2.3Eu/c25-27(21-14-6-2-7-15-21,22-16-8-3-9-17-22)24-19-11-10-18-23(24)26-20-12-4-1-5-13-20;14-10-11-5-4-8-13(9-11)12-6-2-1-3-7-12;14-10-11-6-8-13(9-7-11)12-4-2-1-3-5-12;3*6-4(7,8)2(12)1-3(13)5(9,10)11;;;/h1,4-5,10-13,18-19,21-22H,2-3,6-9,14-17H2;2*1-10H;3*1,12H;;;. The van der Waals surface area contributed by atoms with Gasteiger partial charge < -0.3 is 24.6 Å². The Labute approximate surface area is 666 Å². The van der Waals surface area contributed by atoms with Crippen molar-refractivity contribution in [2.75, 3.05) is 0 Å². The number of carbonyl (C=O) groups excluding carboxylic acids is 5. The number of allylic oxidation sites excluding steroid dienone is 6. The van der Waals surface area contributed by atoms with Gasteiger partial charge in [-0.1, -0.05) is 172 Å². The molecule has 2 aliphatic carbocycles. The Kier molecular flexibility index (Phi) is 41.7. The molecule has 3 N–H and O–H groups in total. The number of carbonyl (C=O) groups is 5. The number of benzene rings is 6. The van der Waals surface area contributed by atoms with Crippen molar-refractivity contribution >= 4 is 42.4 Å². The number of ketones is 3. The van der Waals surface area contributed by atoms with Gasteiger partial charge in [-0.25, -0.2) is 0 Å². The third-order valence-corrected chi connectivity index (χ3v) is 17.6. The van der Waals surface area contributed by atoms with Crippen molar-refractivity contribution in [1.82, 2.24) is 0 Å². The van der Waals surface area contributed by atoms with E-state index in [1.165, 1.54) is 44.1 Å². The number of halogens is 18. The van der Waals surface area contributed by atoms with Crippen molar-refractivity contribution in [3.05, 3.63) is 210 Å². The summed E-state index contributed by atoms with van der Waals surface area (Å²) >= 11 is 0. The van der Waals surface area contributed by atoms with Gasteiger partial charge in [0.2, 0.25) is 17.3 Å². The molecule has 8 rings (SSSR count). The van der Waals surface area contributed by atoms with Crippen LogP contribution in [0.5, 0.6) is 11.5 Å². The summed E-state index contributed by atoms with van der Waals surface area (Å²) in [6.45, 7) is 0. The Morgan fingerprint density at radius 3 is 1.02 bits per heavy atom. The molecular formula is C65H57Eu3F18O10P. The normalized spacial score (nSPS) is 14.1. The molecule has 6 aromatic rings. The molecule has 0 atom stereocenters. The van der Waals surface area contributed by atoms with E-state index in [1.54, 1.807) is 6.07 Å². The topological polar surface area (TPSA) is 172 Å². The summed E-state index contributed by atoms with van der Waals surface area (Å²) in [7, 11) is -2.52. The van der Waals surface area contributed by atoms with Crippen LogP contribution < -0.4 is 10.0 Å². The van der Waals surface area contributed by atoms with Crippen LogP contribution in [0.3, 0.4) is 0 Å². The summed E-state index contributed by atoms with van der Waals surface area (Å²) in [5.74, 6) is -14.4. The van der Waals surface area contributed by atoms with Gasteiger partial charge >= 0.3 is 37.1 Å². The molecule has 32 heteroatoms. The van der Waals surface area contributed by atoms with Crippen LogP contribution in [0.4, 0.5) is 79.0 Å². The van der Waals surface area contributed by atoms with Crippen LogP contribution >= 0.6 is 7.14 Å². The van der Waals surface area contributed by atoms with Gasteiger partial charge in [0.25, 0.3) is 17.3 Å². The fourth-order valence-electron chi connectivity index (χ4n) is 8.74. The maximum absolute atomic E-state index is 14.9. The predicted molar refractivity (Wildman–Crippen MR) is 312 cm³/mol. The molecule has 3 radical (unpaired) electrons. The maximum atomic E-state index is 14.9. The molecule has 0 heterocycles. The third-order valence-electron chi connectivity index (χ3n) is 13.2. The SMILES string of the molecule is O=C(C=C(O)C(F)(F)F)C(F)(F)F.O=C(C=C(O)C(F)(F)F)C(F)(F)F.O=C(C=C(O)C(F)(F)F)C(F)(F)F.O=Cc1ccc(-c2ccccc2)cc1.O=Cc1cccc(-c2ccccc2)c1.O=P(c1ccccc1Oc1ccccc1)(C1CCCCC1)C1CCCCC1.[Eu].[Eu].[Eu]. The molecular weight excluding hydrogens is 1770 g/mol. The maximum Gasteiger partial charge on any atom is 0.454 e. The zero-order valence-corrected chi connectivity index (χ0v) is 58.0. The summed E-state index contributed by atoms with van der Waals surface area (Å²) in [4.78, 5) is 50.6. The first-order chi connectivity index (χ1) is 43.7. The molecule has 2 saturated carbocycles. The van der Waals surface area contributed by atoms with Gasteiger partial charge in [-0.3, -0.25) is 24.0 Å². The van der Waals surface area contributed by atoms with E-state index in [2.05, 4.69) is 18.2 Å². The minimum atomic E-state index is -5.42. The zero-order chi connectivity index (χ0) is 70.7. The number of aldehydes is 2. The van der Waals surface area contributed by atoms with E-state index < -0.39 is 97.1 Å². The minimum absolute atomic E-state index is 0. The molecule has 97 heavy (non-hydrogen) atoms. The van der Waals surface area contributed by atoms with Crippen LogP contribution in [0.25, 0.3) is 22.3 Å². The molecule has 0 unspecified atom stereocenters. The largest absolute Gasteiger partial charge is 0.504 e. The summed E-state index contributed by atoms with van der Waals surface area (Å²) in [5.41, 5.74) is 6.63. The molecule has 2 fully saturated rings. The summed E-state index contributed by atoms with van der Waals surface area (Å²) < 4.78 is 225. The Balaban J connectivity index is 0.00000117. The van der Waals surface area contributed by atoms with Crippen molar-refractivity contribution < 1.29 is 276 Å². The van der Waals surface area contributed by atoms with E-state index in [0.717, 1.165) is 71.7 Å². The van der Waals surface area contributed by atoms with Crippen molar-refractivity contribution in [3.8, 4) is 33.8 Å². The van der Waals surface area contributed by atoms with Crippen molar-refractivity contribution in [1.29, 1.82) is 0 Å². The van der Waals surface area contributed by atoms with Crippen LogP contribution in [0, 0.1) is 148 Å². The van der Waals surface area contributed by atoms with Gasteiger partial charge in [-0.15, -0.1) is 0 Å². The number of para-hydroxylation sites is 2. The second kappa shape index (κ2) is 43.6. The van der Waals surface area contributed by atoms with Crippen molar-refractivity contribution in [2.24, 2.45) is 0 Å². The minimum Gasteiger partial charge on any atom is -0.504 e. The number of hydrogen-bond acceptors (Lipinski definition) is 10. The van der Waals surface area contributed by atoms with Gasteiger partial charge in [-0.05, 0) is 78.3 Å². The first-order valence-electron chi connectivity index (χ1n) is 27.6. The van der Waals surface area contributed by atoms with Crippen LogP contribution in [0.15, 0.2) is 199 Å².